The summed E-state index contributed by atoms with van der Waals surface area (Å²) in [5, 5.41) is 0. The molecule has 1 fully saturated rings. The highest BCUT2D eigenvalue weighted by molar-refractivity contribution is 5.97. The number of hydrogen-bond acceptors (Lipinski definition) is 4. The summed E-state index contributed by atoms with van der Waals surface area (Å²) in [6.07, 6.45) is 0.285. The number of carbonyl (C=O) groups is 2. The predicted octanol–water partition coefficient (Wildman–Crippen LogP) is 3.30. The minimum atomic E-state index is -1.29. The second kappa shape index (κ2) is 9.24. The molecule has 2 N–H and O–H groups in total. The van der Waals surface area contributed by atoms with Crippen LogP contribution in [0.1, 0.15) is 15.9 Å². The molecule has 0 aromatic heterocycles. The minimum Gasteiger partial charge on any atom is -0.496 e. The Kier molecular flexibility index (Phi) is 6.23. The molecular weight excluding hydrogens is 404 g/mol. The highest BCUT2D eigenvalue weighted by Gasteiger charge is 2.44. The van der Waals surface area contributed by atoms with Crippen LogP contribution < -0.4 is 10.5 Å². The van der Waals surface area contributed by atoms with Gasteiger partial charge in [-0.2, -0.15) is 0 Å². The monoisotopic (exact) mass is 430 g/mol. The molecule has 32 heavy (non-hydrogen) atoms. The van der Waals surface area contributed by atoms with Crippen LogP contribution in [0.4, 0.5) is 0 Å². The third-order valence-electron chi connectivity index (χ3n) is 5.81. The van der Waals surface area contributed by atoms with E-state index in [1.807, 2.05) is 60.7 Å². The average molecular weight is 431 g/mol. The van der Waals surface area contributed by atoms with E-state index in [0.717, 1.165) is 16.7 Å². The topological polar surface area (TPSA) is 81.9 Å². The molecule has 4 rings (SSSR count). The summed E-state index contributed by atoms with van der Waals surface area (Å²) < 4.78 is 11.2. The van der Waals surface area contributed by atoms with Gasteiger partial charge < -0.3 is 20.1 Å². The lowest BCUT2D eigenvalue weighted by Crippen LogP contribution is -2.61. The van der Waals surface area contributed by atoms with Gasteiger partial charge in [0.15, 0.2) is 5.60 Å². The molecule has 6 heteroatoms. The van der Waals surface area contributed by atoms with Crippen LogP contribution in [0, 0.1) is 0 Å². The Morgan fingerprint density at radius 1 is 0.969 bits per heavy atom. The van der Waals surface area contributed by atoms with E-state index < -0.39 is 11.5 Å². The maximum Gasteiger partial charge on any atom is 0.257 e. The van der Waals surface area contributed by atoms with E-state index in [9.17, 15) is 9.59 Å². The zero-order chi connectivity index (χ0) is 22.6. The number of ether oxygens (including phenoxy) is 2. The summed E-state index contributed by atoms with van der Waals surface area (Å²) in [6, 6.07) is 25.1. The quantitative estimate of drug-likeness (QED) is 0.651. The Morgan fingerprint density at radius 2 is 1.62 bits per heavy atom. The second-order valence-corrected chi connectivity index (χ2v) is 7.87. The molecule has 3 aromatic rings. The summed E-state index contributed by atoms with van der Waals surface area (Å²) in [4.78, 5) is 27.3. The van der Waals surface area contributed by atoms with E-state index in [-0.39, 0.29) is 25.5 Å². The van der Waals surface area contributed by atoms with Crippen LogP contribution in [-0.4, -0.2) is 49.1 Å². The van der Waals surface area contributed by atoms with Crippen LogP contribution in [0.3, 0.4) is 0 Å². The SMILES string of the molecule is COc1ccccc1C(=O)N1CCOC(Cc2ccc(-c3ccccc3)cc2)(C(N)=O)C1. The van der Waals surface area contributed by atoms with Gasteiger partial charge in [-0.05, 0) is 28.8 Å². The normalized spacial score (nSPS) is 18.2. The van der Waals surface area contributed by atoms with Crippen molar-refractivity contribution in [1.82, 2.24) is 4.90 Å². The van der Waals surface area contributed by atoms with Crippen LogP contribution in [0.5, 0.6) is 5.75 Å². The molecule has 6 nitrogen and oxygen atoms in total. The largest absolute Gasteiger partial charge is 0.496 e. The molecule has 0 radical (unpaired) electrons. The summed E-state index contributed by atoms with van der Waals surface area (Å²) in [5.41, 5.74) is 8.07. The number of hydrogen-bond donors (Lipinski definition) is 1. The minimum absolute atomic E-state index is 0.0830. The highest BCUT2D eigenvalue weighted by Crippen LogP contribution is 2.28. The standard InChI is InChI=1S/C26H26N2O4/c1-31-23-10-6-5-9-22(23)24(29)28-15-16-32-26(18-28,25(27)30)17-19-11-13-21(14-12-19)20-7-3-2-4-8-20/h2-14H,15-18H2,1H3,(H2,27,30). The van der Waals surface area contributed by atoms with Crippen LogP contribution in [0.15, 0.2) is 78.9 Å². The van der Waals surface area contributed by atoms with Gasteiger partial charge in [-0.25, -0.2) is 0 Å². The van der Waals surface area contributed by atoms with Crippen LogP contribution in [-0.2, 0) is 16.0 Å². The first-order chi connectivity index (χ1) is 15.5. The summed E-state index contributed by atoms with van der Waals surface area (Å²) in [5.74, 6) is -0.303. The molecule has 0 bridgehead atoms. The lowest BCUT2D eigenvalue weighted by Gasteiger charge is -2.41. The van der Waals surface area contributed by atoms with Crippen molar-refractivity contribution in [3.8, 4) is 16.9 Å². The zero-order valence-electron chi connectivity index (χ0n) is 18.0. The third kappa shape index (κ3) is 4.36. The van der Waals surface area contributed by atoms with Crippen molar-refractivity contribution in [1.29, 1.82) is 0 Å². The molecule has 1 unspecified atom stereocenters. The van der Waals surface area contributed by atoms with Gasteiger partial charge in [0, 0.05) is 13.0 Å². The van der Waals surface area contributed by atoms with E-state index in [0.29, 0.717) is 17.9 Å². The van der Waals surface area contributed by atoms with E-state index in [1.165, 1.54) is 7.11 Å². The smallest absolute Gasteiger partial charge is 0.257 e. The molecule has 0 spiro atoms. The second-order valence-electron chi connectivity index (χ2n) is 7.87. The van der Waals surface area contributed by atoms with E-state index >= 15 is 0 Å². The molecule has 1 aliphatic heterocycles. The Bertz CT molecular complexity index is 1100. The number of primary amides is 1. The van der Waals surface area contributed by atoms with Gasteiger partial charge in [0.05, 0.1) is 25.8 Å². The number of benzene rings is 3. The van der Waals surface area contributed by atoms with Crippen molar-refractivity contribution in [2.45, 2.75) is 12.0 Å². The van der Waals surface area contributed by atoms with Gasteiger partial charge in [0.25, 0.3) is 11.8 Å². The van der Waals surface area contributed by atoms with Crippen LogP contribution >= 0.6 is 0 Å². The van der Waals surface area contributed by atoms with Crippen LogP contribution in [0.2, 0.25) is 0 Å². The molecule has 3 aromatic carbocycles. The van der Waals surface area contributed by atoms with Crippen molar-refractivity contribution in [2.75, 3.05) is 26.8 Å². The molecule has 1 atom stereocenters. The maximum absolute atomic E-state index is 13.2. The van der Waals surface area contributed by atoms with Gasteiger partial charge in [-0.3, -0.25) is 9.59 Å². The van der Waals surface area contributed by atoms with Crippen molar-refractivity contribution in [3.05, 3.63) is 90.0 Å². The Hall–Kier alpha value is -3.64. The van der Waals surface area contributed by atoms with Crippen molar-refractivity contribution < 1.29 is 19.1 Å². The average Bonchev–Trinajstić information content (AvgIpc) is 2.84. The fraction of sp³-hybridized carbons (Fsp3) is 0.231. The fourth-order valence-corrected chi connectivity index (χ4v) is 4.07. The first-order valence-corrected chi connectivity index (χ1v) is 10.5. The number of amides is 2. The Balaban J connectivity index is 1.55. The van der Waals surface area contributed by atoms with E-state index in [1.54, 1.807) is 23.1 Å². The van der Waals surface area contributed by atoms with Gasteiger partial charge in [0.1, 0.15) is 5.75 Å². The lowest BCUT2D eigenvalue weighted by molar-refractivity contribution is -0.153. The van der Waals surface area contributed by atoms with Gasteiger partial charge in [0.2, 0.25) is 0 Å². The number of morpholine rings is 1. The molecule has 1 saturated heterocycles. The number of rotatable bonds is 6. The fourth-order valence-electron chi connectivity index (χ4n) is 4.07. The molecular formula is C26H26N2O4. The molecule has 0 saturated carbocycles. The van der Waals surface area contributed by atoms with E-state index in [2.05, 4.69) is 0 Å². The molecule has 164 valence electrons. The Morgan fingerprint density at radius 3 is 2.31 bits per heavy atom. The van der Waals surface area contributed by atoms with Crippen LogP contribution in [0.25, 0.3) is 11.1 Å². The van der Waals surface area contributed by atoms with E-state index in [4.69, 9.17) is 15.2 Å². The predicted molar refractivity (Wildman–Crippen MR) is 122 cm³/mol. The number of para-hydroxylation sites is 1. The number of nitrogens with zero attached hydrogens (tertiary/aromatic N) is 1. The summed E-state index contributed by atoms with van der Waals surface area (Å²) in [6.45, 7) is 0.685. The number of nitrogens with two attached hydrogens (primary N) is 1. The van der Waals surface area contributed by atoms with Gasteiger partial charge in [-0.1, -0.05) is 66.7 Å². The molecule has 1 aliphatic rings. The first-order valence-electron chi connectivity index (χ1n) is 10.5. The number of carbonyl (C=O) groups excluding carboxylic acids is 2. The maximum atomic E-state index is 13.2. The van der Waals surface area contributed by atoms with Crippen molar-refractivity contribution >= 4 is 11.8 Å². The highest BCUT2D eigenvalue weighted by atomic mass is 16.5. The summed E-state index contributed by atoms with van der Waals surface area (Å²) >= 11 is 0. The number of methoxy groups -OCH3 is 1. The van der Waals surface area contributed by atoms with Crippen molar-refractivity contribution in [3.63, 3.8) is 0 Å². The zero-order valence-corrected chi connectivity index (χ0v) is 18.0. The van der Waals surface area contributed by atoms with Crippen molar-refractivity contribution in [2.24, 2.45) is 5.73 Å². The van der Waals surface area contributed by atoms with Gasteiger partial charge >= 0.3 is 0 Å². The van der Waals surface area contributed by atoms with Gasteiger partial charge in [-0.15, -0.1) is 0 Å². The molecule has 1 heterocycles. The molecule has 0 aliphatic carbocycles. The summed E-state index contributed by atoms with van der Waals surface area (Å²) in [7, 11) is 1.53. The lowest BCUT2D eigenvalue weighted by atomic mass is 9.90. The Labute approximate surface area is 187 Å². The first kappa shape index (κ1) is 21.6. The third-order valence-corrected chi connectivity index (χ3v) is 5.81. The molecule has 2 amide bonds.